The fourth-order valence-corrected chi connectivity index (χ4v) is 2.53. The SMILES string of the molecule is C=C(C)CN(C)S(=O)(=O)c1[nH]ncc1C(=O)O. The number of nitrogens with one attached hydrogen (secondary N) is 1. The van der Waals surface area contributed by atoms with Gasteiger partial charge in [-0.25, -0.2) is 13.2 Å². The molecule has 8 heteroatoms. The van der Waals surface area contributed by atoms with Gasteiger partial charge < -0.3 is 5.11 Å². The lowest BCUT2D eigenvalue weighted by molar-refractivity contribution is 0.0692. The molecule has 2 N–H and O–H groups in total. The molecule has 1 aromatic heterocycles. The number of rotatable bonds is 5. The first-order chi connectivity index (χ1) is 7.76. The van der Waals surface area contributed by atoms with E-state index in [1.165, 1.54) is 7.05 Å². The summed E-state index contributed by atoms with van der Waals surface area (Å²) in [5.41, 5.74) is 0.269. The first kappa shape index (κ1) is 13.4. The Morgan fingerprint density at radius 2 is 2.24 bits per heavy atom. The van der Waals surface area contributed by atoms with Crippen molar-refractivity contribution in [1.29, 1.82) is 0 Å². The summed E-state index contributed by atoms with van der Waals surface area (Å²) in [6.07, 6.45) is 0.962. The van der Waals surface area contributed by atoms with Gasteiger partial charge in [0.15, 0.2) is 5.03 Å². The van der Waals surface area contributed by atoms with Gasteiger partial charge in [-0.15, -0.1) is 0 Å². The van der Waals surface area contributed by atoms with Crippen LogP contribution in [0, 0.1) is 0 Å². The van der Waals surface area contributed by atoms with E-state index >= 15 is 0 Å². The molecule has 0 aliphatic carbocycles. The monoisotopic (exact) mass is 259 g/mol. The highest BCUT2D eigenvalue weighted by Crippen LogP contribution is 2.16. The molecule has 0 unspecified atom stereocenters. The Kier molecular flexibility index (Phi) is 3.69. The third kappa shape index (κ3) is 2.71. The molecule has 0 aliphatic heterocycles. The Hall–Kier alpha value is -1.67. The maximum atomic E-state index is 12.0. The predicted octanol–water partition coefficient (Wildman–Crippen LogP) is 0.305. The number of H-pyrrole nitrogens is 1. The highest BCUT2D eigenvalue weighted by molar-refractivity contribution is 7.89. The number of sulfonamides is 1. The number of likely N-dealkylation sites (N-methyl/N-ethyl adjacent to an activating group) is 1. The van der Waals surface area contributed by atoms with Gasteiger partial charge in [0.25, 0.3) is 10.0 Å². The standard InChI is InChI=1S/C9H13N3O4S/c1-6(2)5-12(3)17(15,16)8-7(9(13)14)4-10-11-8/h4H,1,5H2,2-3H3,(H,10,11)(H,13,14). The summed E-state index contributed by atoms with van der Waals surface area (Å²) in [7, 11) is -2.55. The smallest absolute Gasteiger partial charge is 0.340 e. The number of hydrogen-bond donors (Lipinski definition) is 2. The van der Waals surface area contributed by atoms with E-state index in [0.717, 1.165) is 10.5 Å². The van der Waals surface area contributed by atoms with Crippen molar-refractivity contribution in [3.8, 4) is 0 Å². The van der Waals surface area contributed by atoms with Crippen LogP contribution in [0.15, 0.2) is 23.4 Å². The van der Waals surface area contributed by atoms with Crippen LogP contribution in [0.4, 0.5) is 0 Å². The molecular weight excluding hydrogens is 246 g/mol. The Labute approximate surface area is 98.8 Å². The molecule has 0 spiro atoms. The third-order valence-electron chi connectivity index (χ3n) is 2.00. The molecule has 0 saturated heterocycles. The van der Waals surface area contributed by atoms with E-state index in [1.54, 1.807) is 6.92 Å². The highest BCUT2D eigenvalue weighted by atomic mass is 32.2. The summed E-state index contributed by atoms with van der Waals surface area (Å²) in [6, 6.07) is 0. The minimum Gasteiger partial charge on any atom is -0.478 e. The molecule has 0 amide bonds. The van der Waals surface area contributed by atoms with E-state index < -0.39 is 21.0 Å². The first-order valence-electron chi connectivity index (χ1n) is 4.64. The van der Waals surface area contributed by atoms with Gasteiger partial charge in [0.2, 0.25) is 0 Å². The minimum absolute atomic E-state index is 0.112. The number of aromatic nitrogens is 2. The number of hydrogen-bond acceptors (Lipinski definition) is 4. The number of aromatic amines is 1. The number of nitrogens with zero attached hydrogens (tertiary/aromatic N) is 2. The van der Waals surface area contributed by atoms with E-state index in [4.69, 9.17) is 5.11 Å². The van der Waals surface area contributed by atoms with Crippen LogP contribution in [0.2, 0.25) is 0 Å². The Balaban J connectivity index is 3.17. The van der Waals surface area contributed by atoms with Crippen molar-refractivity contribution in [2.45, 2.75) is 11.9 Å². The topological polar surface area (TPSA) is 103 Å². The molecule has 0 saturated carbocycles. The van der Waals surface area contributed by atoms with Crippen LogP contribution in [-0.4, -0.2) is 47.6 Å². The van der Waals surface area contributed by atoms with Crippen molar-refractivity contribution in [2.75, 3.05) is 13.6 Å². The van der Waals surface area contributed by atoms with Gasteiger partial charge in [0.05, 0.1) is 6.20 Å². The van der Waals surface area contributed by atoms with Gasteiger partial charge in [-0.1, -0.05) is 12.2 Å². The molecule has 7 nitrogen and oxygen atoms in total. The molecule has 1 aromatic rings. The van der Waals surface area contributed by atoms with Crippen LogP contribution in [-0.2, 0) is 10.0 Å². The summed E-state index contributed by atoms with van der Waals surface area (Å²) in [4.78, 5) is 10.8. The van der Waals surface area contributed by atoms with Crippen molar-refractivity contribution in [1.82, 2.24) is 14.5 Å². The zero-order valence-corrected chi connectivity index (χ0v) is 10.3. The summed E-state index contributed by atoms with van der Waals surface area (Å²) < 4.78 is 25.0. The zero-order chi connectivity index (χ0) is 13.2. The molecule has 1 rings (SSSR count). The van der Waals surface area contributed by atoms with Gasteiger partial charge in [0.1, 0.15) is 5.56 Å². The van der Waals surface area contributed by atoms with E-state index in [-0.39, 0.29) is 12.1 Å². The minimum atomic E-state index is -3.89. The summed E-state index contributed by atoms with van der Waals surface area (Å²) in [6.45, 7) is 5.39. The average Bonchev–Trinajstić information content (AvgIpc) is 2.64. The number of aromatic carboxylic acids is 1. The van der Waals surface area contributed by atoms with E-state index in [9.17, 15) is 13.2 Å². The van der Waals surface area contributed by atoms with Gasteiger partial charge in [-0.05, 0) is 6.92 Å². The van der Waals surface area contributed by atoms with Crippen molar-refractivity contribution in [3.05, 3.63) is 23.9 Å². The van der Waals surface area contributed by atoms with E-state index in [2.05, 4.69) is 16.8 Å². The molecule has 0 fully saturated rings. The zero-order valence-electron chi connectivity index (χ0n) is 9.47. The van der Waals surface area contributed by atoms with Crippen LogP contribution in [0.25, 0.3) is 0 Å². The second kappa shape index (κ2) is 4.68. The molecular formula is C9H13N3O4S. The van der Waals surface area contributed by atoms with Gasteiger partial charge >= 0.3 is 5.97 Å². The summed E-state index contributed by atoms with van der Waals surface area (Å²) in [5.74, 6) is -1.35. The van der Waals surface area contributed by atoms with Crippen LogP contribution in [0.3, 0.4) is 0 Å². The molecule has 94 valence electrons. The van der Waals surface area contributed by atoms with E-state index in [0.29, 0.717) is 5.57 Å². The second-order valence-corrected chi connectivity index (χ2v) is 5.62. The molecule has 0 bridgehead atoms. The number of carboxylic acid groups (broad SMARTS) is 1. The van der Waals surface area contributed by atoms with Crippen molar-refractivity contribution in [2.24, 2.45) is 0 Å². The van der Waals surface area contributed by atoms with Crippen LogP contribution in [0.1, 0.15) is 17.3 Å². The average molecular weight is 259 g/mol. The maximum Gasteiger partial charge on any atom is 0.340 e. The lowest BCUT2D eigenvalue weighted by Crippen LogP contribution is -2.29. The third-order valence-corrected chi connectivity index (χ3v) is 3.77. The largest absolute Gasteiger partial charge is 0.478 e. The maximum absolute atomic E-state index is 12.0. The van der Waals surface area contributed by atoms with Gasteiger partial charge in [-0.3, -0.25) is 5.10 Å². The Morgan fingerprint density at radius 1 is 1.65 bits per heavy atom. The lowest BCUT2D eigenvalue weighted by Gasteiger charge is -2.16. The van der Waals surface area contributed by atoms with Crippen LogP contribution < -0.4 is 0 Å². The molecule has 0 aromatic carbocycles. The van der Waals surface area contributed by atoms with Gasteiger partial charge in [-0.2, -0.15) is 9.40 Å². The highest BCUT2D eigenvalue weighted by Gasteiger charge is 2.28. The fraction of sp³-hybridized carbons (Fsp3) is 0.333. The molecule has 0 aliphatic rings. The number of carbonyl (C=O) groups is 1. The molecule has 0 radical (unpaired) electrons. The van der Waals surface area contributed by atoms with E-state index in [1.807, 2.05) is 0 Å². The van der Waals surface area contributed by atoms with Gasteiger partial charge in [0, 0.05) is 13.6 Å². The summed E-state index contributed by atoms with van der Waals surface area (Å²) >= 11 is 0. The van der Waals surface area contributed by atoms with Crippen LogP contribution in [0.5, 0.6) is 0 Å². The Morgan fingerprint density at radius 3 is 2.71 bits per heavy atom. The second-order valence-electron chi connectivity index (χ2n) is 3.64. The van der Waals surface area contributed by atoms with Crippen molar-refractivity contribution in [3.63, 3.8) is 0 Å². The summed E-state index contributed by atoms with van der Waals surface area (Å²) in [5, 5.41) is 14.0. The normalized spacial score (nSPS) is 11.7. The van der Waals surface area contributed by atoms with Crippen molar-refractivity contribution < 1.29 is 18.3 Å². The molecule has 1 heterocycles. The lowest BCUT2D eigenvalue weighted by atomic mass is 10.4. The Bertz CT molecular complexity index is 546. The van der Waals surface area contributed by atoms with Crippen molar-refractivity contribution >= 4 is 16.0 Å². The predicted molar refractivity (Wildman–Crippen MR) is 60.2 cm³/mol. The molecule has 0 atom stereocenters. The quantitative estimate of drug-likeness (QED) is 0.740. The van der Waals surface area contributed by atoms with Crippen LogP contribution >= 0.6 is 0 Å². The first-order valence-corrected chi connectivity index (χ1v) is 6.08. The fourth-order valence-electron chi connectivity index (χ4n) is 1.24. The molecule has 17 heavy (non-hydrogen) atoms. The number of carboxylic acids is 1.